The van der Waals surface area contributed by atoms with E-state index >= 15 is 0 Å². The Morgan fingerprint density at radius 3 is 2.50 bits per heavy atom. The average molecular weight is 376 g/mol. The second kappa shape index (κ2) is 7.26. The summed E-state index contributed by atoms with van der Waals surface area (Å²) in [5.74, 6) is 0.756. The lowest BCUT2D eigenvalue weighted by molar-refractivity contribution is -0.117. The quantitative estimate of drug-likeness (QED) is 0.704. The summed E-state index contributed by atoms with van der Waals surface area (Å²) < 4.78 is 5.21. The molecule has 2 atom stereocenters. The number of aromatic nitrogens is 2. The summed E-state index contributed by atoms with van der Waals surface area (Å²) in [5, 5.41) is 13.4. The number of amides is 2. The Kier molecular flexibility index (Phi) is 4.65. The van der Waals surface area contributed by atoms with Crippen LogP contribution in [0.1, 0.15) is 29.3 Å². The Balaban J connectivity index is 1.45. The van der Waals surface area contributed by atoms with Gasteiger partial charge in [-0.25, -0.2) is 0 Å². The van der Waals surface area contributed by atoms with E-state index < -0.39 is 0 Å². The molecule has 7 nitrogen and oxygen atoms in total. The van der Waals surface area contributed by atoms with E-state index in [0.717, 1.165) is 17.5 Å². The van der Waals surface area contributed by atoms with E-state index in [1.807, 2.05) is 19.1 Å². The minimum absolute atomic E-state index is 0.0400. The summed E-state index contributed by atoms with van der Waals surface area (Å²) in [6, 6.07) is 12.4. The second-order valence-electron chi connectivity index (χ2n) is 7.11. The van der Waals surface area contributed by atoms with Gasteiger partial charge in [0.1, 0.15) is 0 Å². The maximum atomic E-state index is 12.6. The largest absolute Gasteiger partial charge is 0.423 e. The van der Waals surface area contributed by atoms with Crippen LogP contribution in [0.4, 0.5) is 11.4 Å². The van der Waals surface area contributed by atoms with Crippen molar-refractivity contribution in [3.05, 3.63) is 60.0 Å². The maximum absolute atomic E-state index is 12.6. The van der Waals surface area contributed by atoms with Crippen LogP contribution in [-0.4, -0.2) is 22.0 Å². The van der Waals surface area contributed by atoms with Crippen LogP contribution in [0.2, 0.25) is 0 Å². The van der Waals surface area contributed by atoms with Crippen molar-refractivity contribution in [2.24, 2.45) is 11.8 Å². The molecule has 142 valence electrons. The topological polar surface area (TPSA) is 97.1 Å². The van der Waals surface area contributed by atoms with Crippen LogP contribution in [0.15, 0.2) is 53.3 Å². The van der Waals surface area contributed by atoms with Crippen molar-refractivity contribution in [3.8, 4) is 11.5 Å². The van der Waals surface area contributed by atoms with Crippen LogP contribution < -0.4 is 10.6 Å². The molecule has 1 aliphatic rings. The Bertz CT molecular complexity index is 1010. The van der Waals surface area contributed by atoms with Gasteiger partial charge in [-0.3, -0.25) is 9.59 Å². The van der Waals surface area contributed by atoms with Crippen molar-refractivity contribution in [3.63, 3.8) is 0 Å². The summed E-state index contributed by atoms with van der Waals surface area (Å²) in [6.07, 6.45) is 2.20. The third kappa shape index (κ3) is 3.78. The lowest BCUT2D eigenvalue weighted by Crippen LogP contribution is -2.15. The van der Waals surface area contributed by atoms with Gasteiger partial charge in [-0.15, -0.1) is 10.2 Å². The number of benzene rings is 2. The Morgan fingerprint density at radius 2 is 1.86 bits per heavy atom. The maximum Gasteiger partial charge on any atom is 0.255 e. The highest BCUT2D eigenvalue weighted by molar-refractivity contribution is 6.05. The molecule has 1 fully saturated rings. The zero-order valence-corrected chi connectivity index (χ0v) is 15.6. The van der Waals surface area contributed by atoms with Gasteiger partial charge >= 0.3 is 0 Å². The molecular formula is C21H20N4O3. The van der Waals surface area contributed by atoms with Gasteiger partial charge in [-0.1, -0.05) is 13.0 Å². The summed E-state index contributed by atoms with van der Waals surface area (Å²) >= 11 is 0. The molecule has 1 heterocycles. The van der Waals surface area contributed by atoms with Gasteiger partial charge in [0.25, 0.3) is 5.91 Å². The van der Waals surface area contributed by atoms with E-state index in [2.05, 4.69) is 27.8 Å². The molecule has 2 N–H and O–H groups in total. The molecule has 1 aliphatic carbocycles. The molecule has 0 saturated heterocycles. The molecule has 2 aromatic carbocycles. The summed E-state index contributed by atoms with van der Waals surface area (Å²) in [6.45, 7) is 3.97. The first-order valence-corrected chi connectivity index (χ1v) is 9.11. The van der Waals surface area contributed by atoms with E-state index in [1.165, 1.54) is 6.39 Å². The molecule has 28 heavy (non-hydrogen) atoms. The van der Waals surface area contributed by atoms with Crippen LogP contribution >= 0.6 is 0 Å². The molecule has 3 aromatic rings. The fraction of sp³-hybridized carbons (Fsp3) is 0.238. The van der Waals surface area contributed by atoms with Crippen molar-refractivity contribution in [1.82, 2.24) is 10.2 Å². The van der Waals surface area contributed by atoms with Crippen LogP contribution in [0.25, 0.3) is 11.5 Å². The lowest BCUT2D eigenvalue weighted by atomic mass is 10.1. The van der Waals surface area contributed by atoms with Gasteiger partial charge in [0.2, 0.25) is 18.2 Å². The first kappa shape index (κ1) is 17.9. The zero-order valence-electron chi connectivity index (χ0n) is 15.6. The number of anilines is 2. The molecular weight excluding hydrogens is 356 g/mol. The van der Waals surface area contributed by atoms with Gasteiger partial charge in [-0.05, 0) is 61.2 Å². The number of nitrogens with one attached hydrogen (secondary N) is 2. The first-order valence-electron chi connectivity index (χ1n) is 9.11. The van der Waals surface area contributed by atoms with Crippen molar-refractivity contribution in [2.45, 2.75) is 20.3 Å². The van der Waals surface area contributed by atoms with E-state index in [-0.39, 0.29) is 17.7 Å². The number of hydrogen-bond acceptors (Lipinski definition) is 5. The molecule has 1 aromatic heterocycles. The van der Waals surface area contributed by atoms with Crippen molar-refractivity contribution < 1.29 is 14.0 Å². The predicted molar refractivity (Wildman–Crippen MR) is 105 cm³/mol. The molecule has 2 unspecified atom stereocenters. The van der Waals surface area contributed by atoms with Gasteiger partial charge in [-0.2, -0.15) is 0 Å². The zero-order chi connectivity index (χ0) is 19.7. The second-order valence-corrected chi connectivity index (χ2v) is 7.11. The minimum Gasteiger partial charge on any atom is -0.423 e. The molecule has 0 aliphatic heterocycles. The monoisotopic (exact) mass is 376 g/mol. The smallest absolute Gasteiger partial charge is 0.255 e. The van der Waals surface area contributed by atoms with Crippen molar-refractivity contribution in [1.29, 1.82) is 0 Å². The van der Waals surface area contributed by atoms with Crippen LogP contribution in [0.3, 0.4) is 0 Å². The summed E-state index contributed by atoms with van der Waals surface area (Å²) in [5.41, 5.74) is 3.50. The highest BCUT2D eigenvalue weighted by atomic mass is 16.4. The van der Waals surface area contributed by atoms with E-state index in [9.17, 15) is 9.59 Å². The Morgan fingerprint density at radius 1 is 1.11 bits per heavy atom. The van der Waals surface area contributed by atoms with Gasteiger partial charge in [0, 0.05) is 28.4 Å². The third-order valence-electron chi connectivity index (χ3n) is 4.95. The third-order valence-corrected chi connectivity index (χ3v) is 4.95. The van der Waals surface area contributed by atoms with Crippen LogP contribution in [0.5, 0.6) is 0 Å². The first-order chi connectivity index (χ1) is 13.5. The number of aryl methyl sites for hydroxylation is 1. The fourth-order valence-electron chi connectivity index (χ4n) is 3.01. The number of nitrogens with zero attached hydrogens (tertiary/aromatic N) is 2. The van der Waals surface area contributed by atoms with E-state index in [4.69, 9.17) is 4.42 Å². The summed E-state index contributed by atoms with van der Waals surface area (Å²) in [7, 11) is 0. The Labute approximate surface area is 162 Å². The lowest BCUT2D eigenvalue weighted by Gasteiger charge is -2.10. The fourth-order valence-corrected chi connectivity index (χ4v) is 3.01. The van der Waals surface area contributed by atoms with Crippen molar-refractivity contribution in [2.75, 3.05) is 10.6 Å². The number of rotatable bonds is 5. The predicted octanol–water partition coefficient (Wildman–Crippen LogP) is 3.89. The van der Waals surface area contributed by atoms with E-state index in [1.54, 1.807) is 30.3 Å². The molecule has 1 saturated carbocycles. The highest BCUT2D eigenvalue weighted by Gasteiger charge is 2.39. The number of hydrogen-bond donors (Lipinski definition) is 2. The molecule has 0 bridgehead atoms. The number of carbonyl (C=O) groups excluding carboxylic acids is 2. The molecule has 7 heteroatoms. The van der Waals surface area contributed by atoms with Gasteiger partial charge < -0.3 is 15.1 Å². The molecule has 4 rings (SSSR count). The van der Waals surface area contributed by atoms with Crippen LogP contribution in [-0.2, 0) is 4.79 Å². The average Bonchev–Trinajstić information content (AvgIpc) is 3.18. The Hall–Kier alpha value is -3.48. The molecule has 0 spiro atoms. The SMILES string of the molecule is Cc1ccc(-c2nnco2)cc1NC(=O)c1ccc(NC(=O)C2CC2C)cc1. The van der Waals surface area contributed by atoms with E-state index in [0.29, 0.717) is 28.7 Å². The normalized spacial score (nSPS) is 17.8. The van der Waals surface area contributed by atoms with Crippen LogP contribution in [0, 0.1) is 18.8 Å². The highest BCUT2D eigenvalue weighted by Crippen LogP contribution is 2.38. The molecule has 2 amide bonds. The minimum atomic E-state index is -0.237. The number of carbonyl (C=O) groups is 2. The molecule has 0 radical (unpaired) electrons. The summed E-state index contributed by atoms with van der Waals surface area (Å²) in [4.78, 5) is 24.6. The standard InChI is InChI=1S/C21H20N4O3/c1-12-3-4-15(21-25-22-11-28-21)10-18(12)24-19(26)14-5-7-16(8-6-14)23-20(27)17-9-13(17)2/h3-8,10-11,13,17H,9H2,1-2H3,(H,23,27)(H,24,26). The van der Waals surface area contributed by atoms with Crippen molar-refractivity contribution >= 4 is 23.2 Å². The van der Waals surface area contributed by atoms with Gasteiger partial charge in [0.05, 0.1) is 0 Å². The van der Waals surface area contributed by atoms with Gasteiger partial charge in [0.15, 0.2) is 0 Å².